The first-order valence-corrected chi connectivity index (χ1v) is 7.14. The molecule has 1 unspecified atom stereocenters. The monoisotopic (exact) mass is 262 g/mol. The molecule has 1 aromatic rings. The SMILES string of the molecule is Cc1ccc(CNC(=S)N2CCCC(C)C2)cc1. The van der Waals surface area contributed by atoms with Crippen LogP contribution in [0.25, 0.3) is 0 Å². The molecule has 2 nitrogen and oxygen atoms in total. The predicted molar refractivity (Wildman–Crippen MR) is 80.6 cm³/mol. The highest BCUT2D eigenvalue weighted by atomic mass is 32.1. The molecule has 0 bridgehead atoms. The van der Waals surface area contributed by atoms with Crippen molar-refractivity contribution in [1.29, 1.82) is 0 Å². The molecule has 1 atom stereocenters. The van der Waals surface area contributed by atoms with Crippen LogP contribution in [0.15, 0.2) is 24.3 Å². The third-order valence-electron chi connectivity index (χ3n) is 3.51. The topological polar surface area (TPSA) is 15.3 Å². The summed E-state index contributed by atoms with van der Waals surface area (Å²) in [6.45, 7) is 7.43. The van der Waals surface area contributed by atoms with Gasteiger partial charge in [-0.25, -0.2) is 0 Å². The second kappa shape index (κ2) is 6.19. The van der Waals surface area contributed by atoms with Crippen LogP contribution in [0.3, 0.4) is 0 Å². The Morgan fingerprint density at radius 2 is 2.11 bits per heavy atom. The number of nitrogens with one attached hydrogen (secondary N) is 1. The summed E-state index contributed by atoms with van der Waals surface area (Å²) in [7, 11) is 0. The van der Waals surface area contributed by atoms with E-state index >= 15 is 0 Å². The average molecular weight is 262 g/mol. The lowest BCUT2D eigenvalue weighted by Gasteiger charge is -2.33. The van der Waals surface area contributed by atoms with Crippen LogP contribution in [0.4, 0.5) is 0 Å². The van der Waals surface area contributed by atoms with Crippen LogP contribution in [-0.2, 0) is 6.54 Å². The zero-order valence-electron chi connectivity index (χ0n) is 11.3. The molecule has 0 amide bonds. The van der Waals surface area contributed by atoms with Gasteiger partial charge in [0.25, 0.3) is 0 Å². The fourth-order valence-corrected chi connectivity index (χ4v) is 2.61. The van der Waals surface area contributed by atoms with Crippen LogP contribution in [-0.4, -0.2) is 23.1 Å². The standard InChI is InChI=1S/C15H22N2S/c1-12-5-7-14(8-6-12)10-16-15(18)17-9-3-4-13(2)11-17/h5-8,13H,3-4,9-11H2,1-2H3,(H,16,18). The molecule has 2 rings (SSSR count). The number of aryl methyl sites for hydroxylation is 1. The summed E-state index contributed by atoms with van der Waals surface area (Å²) in [6.07, 6.45) is 2.59. The molecule has 0 aliphatic carbocycles. The van der Waals surface area contributed by atoms with Gasteiger partial charge in [0, 0.05) is 19.6 Å². The number of rotatable bonds is 2. The van der Waals surface area contributed by atoms with E-state index in [1.165, 1.54) is 24.0 Å². The highest BCUT2D eigenvalue weighted by molar-refractivity contribution is 7.80. The summed E-state index contributed by atoms with van der Waals surface area (Å²) in [5.41, 5.74) is 2.58. The Bertz CT molecular complexity index is 399. The number of thiocarbonyl (C=S) groups is 1. The van der Waals surface area contributed by atoms with Crippen LogP contribution in [0.1, 0.15) is 30.9 Å². The Labute approximate surface area is 115 Å². The molecule has 1 fully saturated rings. The Kier molecular flexibility index (Phi) is 4.59. The average Bonchev–Trinajstić information content (AvgIpc) is 2.38. The third-order valence-corrected chi connectivity index (χ3v) is 3.91. The maximum Gasteiger partial charge on any atom is 0.169 e. The second-order valence-electron chi connectivity index (χ2n) is 5.34. The van der Waals surface area contributed by atoms with Crippen LogP contribution < -0.4 is 5.32 Å². The molecule has 1 saturated heterocycles. The number of nitrogens with zero attached hydrogens (tertiary/aromatic N) is 1. The Morgan fingerprint density at radius 1 is 1.39 bits per heavy atom. The van der Waals surface area contributed by atoms with Gasteiger partial charge in [-0.05, 0) is 43.5 Å². The fraction of sp³-hybridized carbons (Fsp3) is 0.533. The number of benzene rings is 1. The maximum atomic E-state index is 5.47. The largest absolute Gasteiger partial charge is 0.358 e. The van der Waals surface area contributed by atoms with Crippen molar-refractivity contribution in [2.75, 3.05) is 13.1 Å². The molecular weight excluding hydrogens is 240 g/mol. The molecule has 0 radical (unpaired) electrons. The van der Waals surface area contributed by atoms with Gasteiger partial charge < -0.3 is 10.2 Å². The van der Waals surface area contributed by atoms with Gasteiger partial charge in [0.15, 0.2) is 5.11 Å². The van der Waals surface area contributed by atoms with Gasteiger partial charge in [0.2, 0.25) is 0 Å². The van der Waals surface area contributed by atoms with Crippen molar-refractivity contribution >= 4 is 17.3 Å². The van der Waals surface area contributed by atoms with Crippen LogP contribution >= 0.6 is 12.2 Å². The smallest absolute Gasteiger partial charge is 0.169 e. The van der Waals surface area contributed by atoms with Crippen molar-refractivity contribution in [3.05, 3.63) is 35.4 Å². The summed E-state index contributed by atoms with van der Waals surface area (Å²) in [4.78, 5) is 2.30. The molecule has 0 aromatic heterocycles. The number of hydrogen-bond donors (Lipinski definition) is 1. The first-order valence-electron chi connectivity index (χ1n) is 6.73. The first-order chi connectivity index (χ1) is 8.65. The minimum absolute atomic E-state index is 0.762. The number of likely N-dealkylation sites (tertiary alicyclic amines) is 1. The van der Waals surface area contributed by atoms with Gasteiger partial charge in [-0.1, -0.05) is 36.8 Å². The van der Waals surface area contributed by atoms with E-state index in [1.54, 1.807) is 0 Å². The van der Waals surface area contributed by atoms with Gasteiger partial charge in [0.05, 0.1) is 0 Å². The van der Waals surface area contributed by atoms with E-state index < -0.39 is 0 Å². The molecule has 1 aliphatic heterocycles. The molecule has 1 aliphatic rings. The highest BCUT2D eigenvalue weighted by Crippen LogP contribution is 2.15. The predicted octanol–water partition coefficient (Wildman–Crippen LogP) is 3.10. The minimum Gasteiger partial charge on any atom is -0.358 e. The Balaban J connectivity index is 1.82. The van der Waals surface area contributed by atoms with Gasteiger partial charge in [-0.2, -0.15) is 0 Å². The molecule has 1 N–H and O–H groups in total. The van der Waals surface area contributed by atoms with Crippen molar-refractivity contribution in [3.8, 4) is 0 Å². The van der Waals surface area contributed by atoms with Crippen LogP contribution in [0.2, 0.25) is 0 Å². The van der Waals surface area contributed by atoms with Crippen LogP contribution in [0, 0.1) is 12.8 Å². The second-order valence-corrected chi connectivity index (χ2v) is 5.72. The van der Waals surface area contributed by atoms with Crippen molar-refractivity contribution < 1.29 is 0 Å². The Hall–Kier alpha value is -1.09. The lowest BCUT2D eigenvalue weighted by atomic mass is 10.0. The summed E-state index contributed by atoms with van der Waals surface area (Å²) < 4.78 is 0. The molecule has 18 heavy (non-hydrogen) atoms. The Morgan fingerprint density at radius 3 is 2.78 bits per heavy atom. The third kappa shape index (κ3) is 3.70. The van der Waals surface area contributed by atoms with E-state index in [0.717, 1.165) is 30.7 Å². The van der Waals surface area contributed by atoms with Gasteiger partial charge >= 0.3 is 0 Å². The molecular formula is C15H22N2S. The van der Waals surface area contributed by atoms with E-state index in [1.807, 2.05) is 0 Å². The van der Waals surface area contributed by atoms with Crippen LogP contribution in [0.5, 0.6) is 0 Å². The lowest BCUT2D eigenvalue weighted by Crippen LogP contribution is -2.44. The summed E-state index contributed by atoms with van der Waals surface area (Å²) in [5, 5.41) is 4.27. The van der Waals surface area contributed by atoms with E-state index in [2.05, 4.69) is 48.3 Å². The van der Waals surface area contributed by atoms with E-state index in [0.29, 0.717) is 0 Å². The zero-order chi connectivity index (χ0) is 13.0. The fourth-order valence-electron chi connectivity index (χ4n) is 2.37. The highest BCUT2D eigenvalue weighted by Gasteiger charge is 2.17. The number of piperidine rings is 1. The minimum atomic E-state index is 0.762. The molecule has 1 aromatic carbocycles. The zero-order valence-corrected chi connectivity index (χ0v) is 12.1. The summed E-state index contributed by atoms with van der Waals surface area (Å²) in [6, 6.07) is 8.60. The van der Waals surface area contributed by atoms with E-state index in [-0.39, 0.29) is 0 Å². The number of hydrogen-bond acceptors (Lipinski definition) is 1. The lowest BCUT2D eigenvalue weighted by molar-refractivity contribution is 0.270. The van der Waals surface area contributed by atoms with Gasteiger partial charge in [0.1, 0.15) is 0 Å². The van der Waals surface area contributed by atoms with Gasteiger partial charge in [-0.15, -0.1) is 0 Å². The molecule has 98 valence electrons. The van der Waals surface area contributed by atoms with E-state index in [9.17, 15) is 0 Å². The molecule has 3 heteroatoms. The maximum absolute atomic E-state index is 5.47. The summed E-state index contributed by atoms with van der Waals surface area (Å²) in [5.74, 6) is 0.762. The normalized spacial score (nSPS) is 19.7. The molecule has 1 heterocycles. The molecule has 0 saturated carbocycles. The van der Waals surface area contributed by atoms with Crippen molar-refractivity contribution in [2.24, 2.45) is 5.92 Å². The summed E-state index contributed by atoms with van der Waals surface area (Å²) >= 11 is 5.47. The van der Waals surface area contributed by atoms with E-state index in [4.69, 9.17) is 12.2 Å². The van der Waals surface area contributed by atoms with Crippen molar-refractivity contribution in [3.63, 3.8) is 0 Å². The quantitative estimate of drug-likeness (QED) is 0.825. The van der Waals surface area contributed by atoms with Gasteiger partial charge in [-0.3, -0.25) is 0 Å². The van der Waals surface area contributed by atoms with Crippen molar-refractivity contribution in [2.45, 2.75) is 33.2 Å². The first kappa shape index (κ1) is 13.3. The molecule has 0 spiro atoms. The van der Waals surface area contributed by atoms with Crippen molar-refractivity contribution in [1.82, 2.24) is 10.2 Å².